The van der Waals surface area contributed by atoms with E-state index in [9.17, 15) is 0 Å². The Morgan fingerprint density at radius 2 is 1.47 bits per heavy atom. The number of nitrogens with zero attached hydrogens (tertiary/aromatic N) is 6. The van der Waals surface area contributed by atoms with Gasteiger partial charge in [-0.15, -0.1) is 0 Å². The lowest BCUT2D eigenvalue weighted by molar-refractivity contribution is -0.170. The molecule has 2 spiro atoms. The van der Waals surface area contributed by atoms with E-state index in [4.69, 9.17) is 15.6 Å². The second-order valence-corrected chi connectivity index (χ2v) is 12.4. The second kappa shape index (κ2) is 8.01. The molecule has 38 heavy (non-hydrogen) atoms. The summed E-state index contributed by atoms with van der Waals surface area (Å²) in [6.45, 7) is 5.08. The number of nitrogen functional groups attached to an aromatic ring is 1. The number of likely N-dealkylation sites (tertiary alicyclic amines) is 2. The molecular weight excluding hydrogens is 474 g/mol. The molecule has 194 valence electrons. The molecule has 4 aliphatic rings. The van der Waals surface area contributed by atoms with Crippen molar-refractivity contribution in [3.8, 4) is 22.8 Å². The van der Waals surface area contributed by atoms with E-state index in [-0.39, 0.29) is 0 Å². The molecule has 0 unspecified atom stereocenters. The van der Waals surface area contributed by atoms with Gasteiger partial charge in [-0.1, -0.05) is 18.2 Å². The van der Waals surface area contributed by atoms with E-state index < -0.39 is 0 Å². The normalized spacial score (nSPS) is 22.7. The summed E-state index contributed by atoms with van der Waals surface area (Å²) in [6, 6.07) is 19.0. The van der Waals surface area contributed by atoms with Crippen molar-refractivity contribution in [1.29, 1.82) is 0 Å². The smallest absolute Gasteiger partial charge is 0.164 e. The average Bonchev–Trinajstić information content (AvgIpc) is 3.21. The molecule has 0 atom stereocenters. The molecular formula is C30H33N7O. The van der Waals surface area contributed by atoms with Crippen LogP contribution in [0.2, 0.25) is 0 Å². The van der Waals surface area contributed by atoms with E-state index in [1.165, 1.54) is 39.0 Å². The Morgan fingerprint density at radius 1 is 0.816 bits per heavy atom. The largest absolute Gasteiger partial charge is 0.457 e. The van der Waals surface area contributed by atoms with Gasteiger partial charge in [0.15, 0.2) is 5.65 Å². The minimum Gasteiger partial charge on any atom is -0.457 e. The number of hydrogen-bond donors (Lipinski definition) is 1. The molecule has 2 aromatic carbocycles. The summed E-state index contributed by atoms with van der Waals surface area (Å²) in [5.74, 6) is 2.07. The van der Waals surface area contributed by atoms with E-state index in [0.29, 0.717) is 22.7 Å². The lowest BCUT2D eigenvalue weighted by Gasteiger charge is -2.67. The molecule has 0 bridgehead atoms. The highest BCUT2D eigenvalue weighted by molar-refractivity contribution is 5.98. The van der Waals surface area contributed by atoms with Gasteiger partial charge in [-0.2, -0.15) is 5.10 Å². The molecule has 0 amide bonds. The summed E-state index contributed by atoms with van der Waals surface area (Å²) in [6.07, 6.45) is 6.67. The molecule has 8 rings (SSSR count). The lowest BCUT2D eigenvalue weighted by atomic mass is 9.56. The van der Waals surface area contributed by atoms with Crippen LogP contribution in [0, 0.1) is 10.8 Å². The van der Waals surface area contributed by atoms with E-state index in [1.54, 1.807) is 6.33 Å². The van der Waals surface area contributed by atoms with E-state index in [2.05, 4.69) is 31.5 Å². The van der Waals surface area contributed by atoms with Crippen LogP contribution >= 0.6 is 0 Å². The monoisotopic (exact) mass is 507 g/mol. The fraction of sp³-hybridized carbons (Fsp3) is 0.433. The molecule has 2 aromatic heterocycles. The highest BCUT2D eigenvalue weighted by Gasteiger charge is 2.59. The maximum atomic E-state index is 6.37. The van der Waals surface area contributed by atoms with Gasteiger partial charge in [-0.3, -0.25) is 4.90 Å². The maximum Gasteiger partial charge on any atom is 0.164 e. The van der Waals surface area contributed by atoms with Crippen molar-refractivity contribution in [3.63, 3.8) is 0 Å². The van der Waals surface area contributed by atoms with Crippen LogP contribution in [-0.2, 0) is 0 Å². The lowest BCUT2D eigenvalue weighted by Crippen LogP contribution is -2.71. The Bertz CT molecular complexity index is 1490. The quantitative estimate of drug-likeness (QED) is 0.423. The summed E-state index contributed by atoms with van der Waals surface area (Å²) < 4.78 is 8.09. The molecule has 2 saturated carbocycles. The third-order valence-corrected chi connectivity index (χ3v) is 9.45. The van der Waals surface area contributed by atoms with Crippen LogP contribution in [0.15, 0.2) is 60.9 Å². The minimum atomic E-state index is 0.358. The topological polar surface area (TPSA) is 85.3 Å². The first-order valence-electron chi connectivity index (χ1n) is 13.7. The van der Waals surface area contributed by atoms with Crippen molar-refractivity contribution in [2.45, 2.75) is 37.8 Å². The summed E-state index contributed by atoms with van der Waals surface area (Å²) in [5, 5.41) is 5.92. The highest BCUT2D eigenvalue weighted by atomic mass is 16.5. The minimum absolute atomic E-state index is 0.358. The molecule has 2 N–H and O–H groups in total. The van der Waals surface area contributed by atoms with Gasteiger partial charge >= 0.3 is 0 Å². The molecule has 4 heterocycles. The van der Waals surface area contributed by atoms with Gasteiger partial charge in [0, 0.05) is 37.8 Å². The van der Waals surface area contributed by atoms with Crippen LogP contribution in [0.25, 0.3) is 22.3 Å². The Kier molecular flexibility index (Phi) is 4.74. The number of benzene rings is 2. The molecule has 8 nitrogen and oxygen atoms in total. The first kappa shape index (κ1) is 22.5. The number of fused-ring (bicyclic) bond motifs is 1. The Balaban J connectivity index is 0.985. The number of anilines is 1. The first-order chi connectivity index (χ1) is 18.5. The number of aromatic nitrogens is 4. The molecule has 4 aromatic rings. The molecule has 0 radical (unpaired) electrons. The van der Waals surface area contributed by atoms with Crippen LogP contribution in [0.3, 0.4) is 0 Å². The highest BCUT2D eigenvalue weighted by Crippen LogP contribution is 2.59. The van der Waals surface area contributed by atoms with Gasteiger partial charge in [-0.25, -0.2) is 14.6 Å². The maximum absolute atomic E-state index is 6.37. The SMILES string of the molecule is CN1CC2(CC(N3CC4(CC(n5nc(-c6ccc(Oc7ccccc7)cc6)c6c(N)ncnc65)C4)C3)C2)C1. The van der Waals surface area contributed by atoms with Crippen LogP contribution < -0.4 is 10.5 Å². The zero-order chi connectivity index (χ0) is 25.5. The molecule has 8 heteroatoms. The second-order valence-electron chi connectivity index (χ2n) is 12.4. The van der Waals surface area contributed by atoms with Gasteiger partial charge in [0.1, 0.15) is 29.3 Å². The zero-order valence-corrected chi connectivity index (χ0v) is 21.8. The van der Waals surface area contributed by atoms with E-state index in [0.717, 1.165) is 52.7 Å². The van der Waals surface area contributed by atoms with Crippen molar-refractivity contribution in [2.24, 2.45) is 10.8 Å². The molecule has 2 aliphatic carbocycles. The third-order valence-electron chi connectivity index (χ3n) is 9.45. The van der Waals surface area contributed by atoms with Gasteiger partial charge in [-0.05, 0) is 80.0 Å². The predicted octanol–water partition coefficient (Wildman–Crippen LogP) is 4.60. The number of hydrogen-bond acceptors (Lipinski definition) is 7. The summed E-state index contributed by atoms with van der Waals surface area (Å²) >= 11 is 0. The predicted molar refractivity (Wildman–Crippen MR) is 147 cm³/mol. The Labute approximate surface area is 222 Å². The van der Waals surface area contributed by atoms with Crippen molar-refractivity contribution in [2.75, 3.05) is 39.0 Å². The molecule has 2 saturated heterocycles. The van der Waals surface area contributed by atoms with Crippen LogP contribution in [-0.4, -0.2) is 68.8 Å². The van der Waals surface area contributed by atoms with Crippen LogP contribution in [0.5, 0.6) is 11.5 Å². The number of para-hydroxylation sites is 1. The fourth-order valence-electron chi connectivity index (χ4n) is 7.76. The van der Waals surface area contributed by atoms with Crippen molar-refractivity contribution in [1.82, 2.24) is 29.5 Å². The van der Waals surface area contributed by atoms with Crippen molar-refractivity contribution in [3.05, 3.63) is 60.9 Å². The van der Waals surface area contributed by atoms with Gasteiger partial charge < -0.3 is 15.4 Å². The molecule has 2 aliphatic heterocycles. The van der Waals surface area contributed by atoms with Crippen molar-refractivity contribution < 1.29 is 4.74 Å². The summed E-state index contributed by atoms with van der Waals surface area (Å²) in [4.78, 5) is 14.1. The fourth-order valence-corrected chi connectivity index (χ4v) is 7.76. The van der Waals surface area contributed by atoms with Crippen molar-refractivity contribution >= 4 is 16.9 Å². The standard InChI is InChI=1S/C30H33N7O/c1-35-15-29(16-35)11-21(12-29)36-17-30(18-36)13-22(14-30)37-28-25(27(31)32-19-33-28)26(34-37)20-7-9-24(10-8-20)38-23-5-3-2-4-6-23/h2-10,19,21-22H,11-18H2,1H3,(H2,31,32,33). The summed E-state index contributed by atoms with van der Waals surface area (Å²) in [5.41, 5.74) is 10.1. The van der Waals surface area contributed by atoms with Crippen LogP contribution in [0.4, 0.5) is 5.82 Å². The zero-order valence-electron chi connectivity index (χ0n) is 21.8. The van der Waals surface area contributed by atoms with Crippen LogP contribution in [0.1, 0.15) is 31.7 Å². The average molecular weight is 508 g/mol. The number of ether oxygens (including phenoxy) is 1. The third kappa shape index (κ3) is 3.47. The molecule has 4 fully saturated rings. The Morgan fingerprint density at radius 3 is 2.18 bits per heavy atom. The van der Waals surface area contributed by atoms with Gasteiger partial charge in [0.2, 0.25) is 0 Å². The van der Waals surface area contributed by atoms with E-state index in [1.807, 2.05) is 54.6 Å². The number of rotatable bonds is 5. The van der Waals surface area contributed by atoms with Gasteiger partial charge in [0.25, 0.3) is 0 Å². The summed E-state index contributed by atoms with van der Waals surface area (Å²) in [7, 11) is 2.24. The first-order valence-corrected chi connectivity index (χ1v) is 13.7. The van der Waals surface area contributed by atoms with E-state index >= 15 is 0 Å². The van der Waals surface area contributed by atoms with Gasteiger partial charge in [0.05, 0.1) is 11.4 Å². The number of nitrogens with two attached hydrogens (primary N) is 1. The Hall–Kier alpha value is -3.49.